The zero-order valence-corrected chi connectivity index (χ0v) is 18.3. The van der Waals surface area contributed by atoms with Crippen LogP contribution in [-0.4, -0.2) is 49.1 Å². The van der Waals surface area contributed by atoms with Crippen LogP contribution < -0.4 is 10.1 Å². The van der Waals surface area contributed by atoms with Gasteiger partial charge in [-0.25, -0.2) is 0 Å². The summed E-state index contributed by atoms with van der Waals surface area (Å²) in [6, 6.07) is 13.3. The van der Waals surface area contributed by atoms with Crippen molar-refractivity contribution in [2.24, 2.45) is 4.99 Å². The molecular formula is C19H26ClIN4O. The lowest BCUT2D eigenvalue weighted by molar-refractivity contribution is 0.281. The van der Waals surface area contributed by atoms with Gasteiger partial charge in [-0.2, -0.15) is 0 Å². The molecule has 0 aliphatic rings. The van der Waals surface area contributed by atoms with E-state index in [1.54, 1.807) is 0 Å². The number of ether oxygens (including phenoxy) is 1. The van der Waals surface area contributed by atoms with Gasteiger partial charge in [-0.1, -0.05) is 17.7 Å². The van der Waals surface area contributed by atoms with Gasteiger partial charge in [0.2, 0.25) is 0 Å². The van der Waals surface area contributed by atoms with Crippen LogP contribution in [0.2, 0.25) is 5.02 Å². The maximum absolute atomic E-state index is 5.87. The SMILES string of the molecule is CCNC(=NCCc1ccccn1)N(C)CCOc1ccc(Cl)cc1.I. The van der Waals surface area contributed by atoms with Gasteiger partial charge in [0.15, 0.2) is 5.96 Å². The van der Waals surface area contributed by atoms with E-state index in [1.807, 2.05) is 55.7 Å². The number of hydrogen-bond donors (Lipinski definition) is 1. The lowest BCUT2D eigenvalue weighted by Crippen LogP contribution is -2.41. The molecule has 0 unspecified atom stereocenters. The molecule has 1 aromatic carbocycles. The van der Waals surface area contributed by atoms with Gasteiger partial charge in [-0.15, -0.1) is 24.0 Å². The quantitative estimate of drug-likeness (QED) is 0.348. The molecule has 7 heteroatoms. The van der Waals surface area contributed by atoms with Crippen LogP contribution in [0.15, 0.2) is 53.7 Å². The monoisotopic (exact) mass is 488 g/mol. The molecule has 0 fully saturated rings. The molecular weight excluding hydrogens is 463 g/mol. The zero-order valence-electron chi connectivity index (χ0n) is 15.2. The van der Waals surface area contributed by atoms with Crippen molar-refractivity contribution >= 4 is 41.5 Å². The molecule has 2 aromatic rings. The summed E-state index contributed by atoms with van der Waals surface area (Å²) >= 11 is 5.87. The highest BCUT2D eigenvalue weighted by Crippen LogP contribution is 2.15. The van der Waals surface area contributed by atoms with Gasteiger partial charge in [0.05, 0.1) is 6.54 Å². The topological polar surface area (TPSA) is 49.8 Å². The normalized spacial score (nSPS) is 10.8. The van der Waals surface area contributed by atoms with Crippen LogP contribution in [0.5, 0.6) is 5.75 Å². The van der Waals surface area contributed by atoms with Crippen molar-refractivity contribution in [2.75, 3.05) is 33.3 Å². The first-order valence-electron chi connectivity index (χ1n) is 8.46. The molecule has 0 bridgehead atoms. The minimum Gasteiger partial charge on any atom is -0.492 e. The fraction of sp³-hybridized carbons (Fsp3) is 0.368. The molecule has 2 rings (SSSR count). The molecule has 1 N–H and O–H groups in total. The van der Waals surface area contributed by atoms with E-state index < -0.39 is 0 Å². The molecule has 0 saturated carbocycles. The Morgan fingerprint density at radius 2 is 2.00 bits per heavy atom. The van der Waals surface area contributed by atoms with Gasteiger partial charge < -0.3 is 15.0 Å². The summed E-state index contributed by atoms with van der Waals surface area (Å²) in [5, 5.41) is 4.01. The molecule has 5 nitrogen and oxygen atoms in total. The predicted molar refractivity (Wildman–Crippen MR) is 119 cm³/mol. The van der Waals surface area contributed by atoms with E-state index in [4.69, 9.17) is 16.3 Å². The number of guanidine groups is 1. The lowest BCUT2D eigenvalue weighted by Gasteiger charge is -2.22. The zero-order chi connectivity index (χ0) is 17.9. The molecule has 1 heterocycles. The lowest BCUT2D eigenvalue weighted by atomic mass is 10.3. The van der Waals surface area contributed by atoms with E-state index in [9.17, 15) is 0 Å². The first kappa shape index (κ1) is 22.5. The predicted octanol–water partition coefficient (Wildman–Crippen LogP) is 3.87. The van der Waals surface area contributed by atoms with Crippen LogP contribution in [0.1, 0.15) is 12.6 Å². The minimum atomic E-state index is 0. The number of nitrogens with zero attached hydrogens (tertiary/aromatic N) is 3. The number of nitrogens with one attached hydrogen (secondary N) is 1. The van der Waals surface area contributed by atoms with E-state index in [0.29, 0.717) is 18.2 Å². The van der Waals surface area contributed by atoms with Crippen molar-refractivity contribution in [1.29, 1.82) is 0 Å². The molecule has 0 spiro atoms. The highest BCUT2D eigenvalue weighted by molar-refractivity contribution is 14.0. The molecule has 0 aliphatic carbocycles. The Morgan fingerprint density at radius 3 is 2.65 bits per heavy atom. The van der Waals surface area contributed by atoms with Crippen molar-refractivity contribution < 1.29 is 4.74 Å². The first-order valence-corrected chi connectivity index (χ1v) is 8.84. The Balaban J connectivity index is 0.00000338. The largest absolute Gasteiger partial charge is 0.492 e. The minimum absolute atomic E-state index is 0. The third-order valence-electron chi connectivity index (χ3n) is 3.56. The Morgan fingerprint density at radius 1 is 1.23 bits per heavy atom. The van der Waals surface area contributed by atoms with Crippen molar-refractivity contribution in [2.45, 2.75) is 13.3 Å². The Hall–Kier alpha value is -1.54. The Bertz CT molecular complexity index is 652. The average Bonchev–Trinajstić information content (AvgIpc) is 2.63. The van der Waals surface area contributed by atoms with Gasteiger partial charge in [0, 0.05) is 43.5 Å². The number of likely N-dealkylation sites (N-methyl/N-ethyl adjacent to an activating group) is 1. The Labute approximate surface area is 177 Å². The second kappa shape index (κ2) is 12.8. The van der Waals surface area contributed by atoms with Gasteiger partial charge in [-0.3, -0.25) is 9.98 Å². The third kappa shape index (κ3) is 8.23. The highest BCUT2D eigenvalue weighted by atomic mass is 127. The molecule has 0 atom stereocenters. The summed E-state index contributed by atoms with van der Waals surface area (Å²) in [6.45, 7) is 4.89. The molecule has 0 radical (unpaired) electrons. The second-order valence-corrected chi connectivity index (χ2v) is 5.97. The number of aliphatic imine (C=N–C) groups is 1. The van der Waals surface area contributed by atoms with Crippen LogP contribution in [0.3, 0.4) is 0 Å². The second-order valence-electron chi connectivity index (χ2n) is 5.53. The number of hydrogen-bond acceptors (Lipinski definition) is 3. The molecule has 0 aliphatic heterocycles. The third-order valence-corrected chi connectivity index (χ3v) is 3.81. The van der Waals surface area contributed by atoms with Gasteiger partial charge in [0.25, 0.3) is 0 Å². The number of benzene rings is 1. The summed E-state index contributed by atoms with van der Waals surface area (Å²) in [4.78, 5) is 11.1. The summed E-state index contributed by atoms with van der Waals surface area (Å²) in [6.07, 6.45) is 2.63. The number of aromatic nitrogens is 1. The van der Waals surface area contributed by atoms with E-state index in [0.717, 1.165) is 36.9 Å². The van der Waals surface area contributed by atoms with Crippen LogP contribution in [-0.2, 0) is 6.42 Å². The molecule has 0 amide bonds. The van der Waals surface area contributed by atoms with Crippen molar-refractivity contribution in [1.82, 2.24) is 15.2 Å². The van der Waals surface area contributed by atoms with Gasteiger partial charge in [-0.05, 0) is 43.3 Å². The van der Waals surface area contributed by atoms with Crippen LogP contribution in [0.4, 0.5) is 0 Å². The molecule has 1 aromatic heterocycles. The van der Waals surface area contributed by atoms with E-state index in [1.165, 1.54) is 0 Å². The number of pyridine rings is 1. The standard InChI is InChI=1S/C19H25ClN4O.HI/c1-3-21-19(23-13-11-17-6-4-5-12-22-17)24(2)14-15-25-18-9-7-16(20)8-10-18;/h4-10,12H,3,11,13-15H2,1-2H3,(H,21,23);1H. The summed E-state index contributed by atoms with van der Waals surface area (Å²) < 4.78 is 5.74. The van der Waals surface area contributed by atoms with Crippen molar-refractivity contribution in [3.8, 4) is 5.75 Å². The number of rotatable bonds is 8. The Kier molecular flexibility index (Phi) is 11.0. The van der Waals surface area contributed by atoms with Crippen LogP contribution >= 0.6 is 35.6 Å². The van der Waals surface area contributed by atoms with Crippen molar-refractivity contribution in [3.05, 3.63) is 59.4 Å². The van der Waals surface area contributed by atoms with E-state index in [-0.39, 0.29) is 24.0 Å². The van der Waals surface area contributed by atoms with Gasteiger partial charge in [0.1, 0.15) is 12.4 Å². The maximum atomic E-state index is 5.87. The highest BCUT2D eigenvalue weighted by Gasteiger charge is 2.06. The first-order chi connectivity index (χ1) is 12.2. The molecule has 0 saturated heterocycles. The van der Waals surface area contributed by atoms with E-state index in [2.05, 4.69) is 27.1 Å². The van der Waals surface area contributed by atoms with Crippen LogP contribution in [0.25, 0.3) is 0 Å². The van der Waals surface area contributed by atoms with E-state index >= 15 is 0 Å². The molecule has 142 valence electrons. The maximum Gasteiger partial charge on any atom is 0.193 e. The fourth-order valence-corrected chi connectivity index (χ4v) is 2.36. The summed E-state index contributed by atoms with van der Waals surface area (Å²) in [7, 11) is 2.01. The van der Waals surface area contributed by atoms with Gasteiger partial charge >= 0.3 is 0 Å². The average molecular weight is 489 g/mol. The summed E-state index contributed by atoms with van der Waals surface area (Å²) in [5.41, 5.74) is 1.05. The smallest absolute Gasteiger partial charge is 0.193 e. The molecule has 26 heavy (non-hydrogen) atoms. The van der Waals surface area contributed by atoms with Crippen LogP contribution in [0, 0.1) is 0 Å². The fourth-order valence-electron chi connectivity index (χ4n) is 2.23. The number of halogens is 2. The van der Waals surface area contributed by atoms with Crippen molar-refractivity contribution in [3.63, 3.8) is 0 Å². The summed E-state index contributed by atoms with van der Waals surface area (Å²) in [5.74, 6) is 1.69.